The molecule has 186 valence electrons. The molecule has 2 amide bonds. The first-order valence-electron chi connectivity index (χ1n) is 12.6. The van der Waals surface area contributed by atoms with E-state index >= 15 is 0 Å². The monoisotopic (exact) mass is 505 g/mol. The third kappa shape index (κ3) is 5.32. The van der Waals surface area contributed by atoms with Gasteiger partial charge in [-0.25, -0.2) is 0 Å². The summed E-state index contributed by atoms with van der Waals surface area (Å²) in [6, 6.07) is 5.04. The molecule has 0 aromatic heterocycles. The van der Waals surface area contributed by atoms with Crippen molar-refractivity contribution in [2.75, 3.05) is 45.8 Å². The molecule has 0 spiro atoms. The highest BCUT2D eigenvalue weighted by Crippen LogP contribution is 2.59. The molecule has 1 aliphatic heterocycles. The maximum Gasteiger partial charge on any atom is 0.253 e. The minimum atomic E-state index is -0.0105. The summed E-state index contributed by atoms with van der Waals surface area (Å²) in [5, 5.41) is 0.853. The maximum absolute atomic E-state index is 12.9. The Labute approximate surface area is 214 Å². The van der Waals surface area contributed by atoms with Gasteiger partial charge in [-0.15, -0.1) is 0 Å². The quantitative estimate of drug-likeness (QED) is 0.445. The standard InChI is InChI=1S/C27H37Cl2N3O2/c1-4-5-25(33)32(18-20-6-8-21-17-22(20)27(21,2)3)15-12-30-10-13-31(14-11-30)26(34)19-7-9-23(28)24(29)16-19/h6-7,9,16,21-22H,4-5,8,10-15,17-18H2,1-3H3. The smallest absolute Gasteiger partial charge is 0.253 e. The summed E-state index contributed by atoms with van der Waals surface area (Å²) in [6.07, 6.45) is 6.33. The largest absolute Gasteiger partial charge is 0.337 e. The van der Waals surface area contributed by atoms with Crippen LogP contribution >= 0.6 is 23.2 Å². The summed E-state index contributed by atoms with van der Waals surface area (Å²) in [6.45, 7) is 12.2. The van der Waals surface area contributed by atoms with Gasteiger partial charge in [0.1, 0.15) is 0 Å². The number of rotatable bonds is 8. The topological polar surface area (TPSA) is 43.9 Å². The van der Waals surface area contributed by atoms with E-state index in [1.807, 2.05) is 4.90 Å². The van der Waals surface area contributed by atoms with Crippen molar-refractivity contribution in [1.82, 2.24) is 14.7 Å². The van der Waals surface area contributed by atoms with Crippen LogP contribution < -0.4 is 0 Å². The first-order chi connectivity index (χ1) is 16.2. The van der Waals surface area contributed by atoms with E-state index in [0.29, 0.717) is 46.5 Å². The maximum atomic E-state index is 12.9. The van der Waals surface area contributed by atoms with Gasteiger partial charge in [-0.1, -0.05) is 55.6 Å². The van der Waals surface area contributed by atoms with E-state index < -0.39 is 0 Å². The van der Waals surface area contributed by atoms with E-state index in [9.17, 15) is 9.59 Å². The van der Waals surface area contributed by atoms with Crippen molar-refractivity contribution in [3.63, 3.8) is 0 Å². The minimum absolute atomic E-state index is 0.0105. The van der Waals surface area contributed by atoms with Gasteiger partial charge in [0.2, 0.25) is 5.91 Å². The van der Waals surface area contributed by atoms with Crippen LogP contribution in [-0.4, -0.2) is 72.3 Å². The number of nitrogens with zero attached hydrogens (tertiary/aromatic N) is 3. The van der Waals surface area contributed by atoms with Gasteiger partial charge in [0, 0.05) is 57.8 Å². The minimum Gasteiger partial charge on any atom is -0.337 e. The number of hydrogen-bond donors (Lipinski definition) is 0. The Morgan fingerprint density at radius 1 is 1.12 bits per heavy atom. The SMILES string of the molecule is CCCC(=O)N(CCN1CCN(C(=O)c2ccc(Cl)c(Cl)c2)CC1)CC1=CCC2CC1C2(C)C. The van der Waals surface area contributed by atoms with Gasteiger partial charge >= 0.3 is 0 Å². The van der Waals surface area contributed by atoms with Crippen LogP contribution in [0, 0.1) is 17.3 Å². The number of halogens is 2. The molecule has 2 atom stereocenters. The zero-order chi connectivity index (χ0) is 24.5. The first-order valence-corrected chi connectivity index (χ1v) is 13.4. The molecule has 3 aliphatic carbocycles. The number of benzene rings is 1. The summed E-state index contributed by atoms with van der Waals surface area (Å²) in [5.74, 6) is 1.68. The average Bonchev–Trinajstić information content (AvgIpc) is 2.83. The molecule has 34 heavy (non-hydrogen) atoms. The third-order valence-electron chi connectivity index (χ3n) is 8.28. The van der Waals surface area contributed by atoms with E-state index in [0.717, 1.165) is 51.5 Å². The molecule has 0 N–H and O–H groups in total. The highest BCUT2D eigenvalue weighted by Gasteiger charge is 2.51. The molecule has 4 aliphatic rings. The highest BCUT2D eigenvalue weighted by atomic mass is 35.5. The summed E-state index contributed by atoms with van der Waals surface area (Å²) in [4.78, 5) is 32.1. The zero-order valence-electron chi connectivity index (χ0n) is 20.7. The van der Waals surface area contributed by atoms with Crippen molar-refractivity contribution in [3.8, 4) is 0 Å². The van der Waals surface area contributed by atoms with Crippen molar-refractivity contribution >= 4 is 35.0 Å². The fourth-order valence-corrected chi connectivity index (χ4v) is 6.09. The molecule has 0 radical (unpaired) electrons. The second-order valence-corrected chi connectivity index (χ2v) is 11.5. The fraction of sp³-hybridized carbons (Fsp3) is 0.630. The van der Waals surface area contributed by atoms with Gasteiger partial charge in [0.05, 0.1) is 10.0 Å². The summed E-state index contributed by atoms with van der Waals surface area (Å²) in [7, 11) is 0. The van der Waals surface area contributed by atoms with Crippen LogP contribution in [0.4, 0.5) is 0 Å². The van der Waals surface area contributed by atoms with E-state index in [4.69, 9.17) is 23.2 Å². The Morgan fingerprint density at radius 3 is 2.47 bits per heavy atom. The second kappa shape index (κ2) is 10.6. The van der Waals surface area contributed by atoms with E-state index in [1.165, 1.54) is 12.0 Å². The predicted molar refractivity (Wildman–Crippen MR) is 138 cm³/mol. The normalized spacial score (nSPS) is 23.8. The van der Waals surface area contributed by atoms with Crippen molar-refractivity contribution in [1.29, 1.82) is 0 Å². The van der Waals surface area contributed by atoms with Gasteiger partial charge in [0.15, 0.2) is 0 Å². The molecule has 5 nitrogen and oxygen atoms in total. The van der Waals surface area contributed by atoms with Gasteiger partial charge in [-0.05, 0) is 54.7 Å². The Morgan fingerprint density at radius 2 is 1.85 bits per heavy atom. The lowest BCUT2D eigenvalue weighted by atomic mass is 9.49. The van der Waals surface area contributed by atoms with Crippen molar-refractivity contribution in [3.05, 3.63) is 45.5 Å². The number of allylic oxidation sites excluding steroid dienone is 1. The second-order valence-electron chi connectivity index (χ2n) is 10.6. The molecule has 2 bridgehead atoms. The summed E-state index contributed by atoms with van der Waals surface area (Å²) < 4.78 is 0. The molecule has 2 fully saturated rings. The number of amides is 2. The van der Waals surface area contributed by atoms with Gasteiger partial charge in [-0.2, -0.15) is 0 Å². The molecule has 1 saturated heterocycles. The van der Waals surface area contributed by atoms with Crippen molar-refractivity contribution in [2.24, 2.45) is 17.3 Å². The van der Waals surface area contributed by atoms with Crippen molar-refractivity contribution < 1.29 is 9.59 Å². The molecule has 1 saturated carbocycles. The lowest BCUT2D eigenvalue weighted by Gasteiger charge is -2.57. The number of fused-ring (bicyclic) bond motifs is 1. The van der Waals surface area contributed by atoms with Gasteiger partial charge in [0.25, 0.3) is 5.91 Å². The van der Waals surface area contributed by atoms with Crippen LogP contribution in [0.3, 0.4) is 0 Å². The number of hydrogen-bond acceptors (Lipinski definition) is 3. The average molecular weight is 507 g/mol. The van der Waals surface area contributed by atoms with E-state index in [1.54, 1.807) is 18.2 Å². The Hall–Kier alpha value is -1.56. The van der Waals surface area contributed by atoms with E-state index in [2.05, 4.69) is 36.6 Å². The molecule has 1 aromatic rings. The van der Waals surface area contributed by atoms with Crippen LogP contribution in [0.2, 0.25) is 10.0 Å². The van der Waals surface area contributed by atoms with Crippen LogP contribution in [0.15, 0.2) is 29.8 Å². The highest BCUT2D eigenvalue weighted by molar-refractivity contribution is 6.42. The third-order valence-corrected chi connectivity index (χ3v) is 9.02. The Bertz CT molecular complexity index is 953. The zero-order valence-corrected chi connectivity index (χ0v) is 22.2. The van der Waals surface area contributed by atoms with E-state index in [-0.39, 0.29) is 11.8 Å². The molecule has 1 heterocycles. The fourth-order valence-electron chi connectivity index (χ4n) is 5.79. The van der Waals surface area contributed by atoms with Crippen LogP contribution in [0.1, 0.15) is 56.8 Å². The molecular weight excluding hydrogens is 469 g/mol. The molecule has 7 heteroatoms. The van der Waals surface area contributed by atoms with Crippen molar-refractivity contribution in [2.45, 2.75) is 46.5 Å². The van der Waals surface area contributed by atoms with Gasteiger partial charge < -0.3 is 9.80 Å². The lowest BCUT2D eigenvalue weighted by molar-refractivity contribution is -0.131. The Kier molecular flexibility index (Phi) is 7.95. The van der Waals surface area contributed by atoms with Gasteiger partial charge in [-0.3, -0.25) is 14.5 Å². The van der Waals surface area contributed by atoms with Crippen LogP contribution in [0.5, 0.6) is 0 Å². The summed E-state index contributed by atoms with van der Waals surface area (Å²) in [5.41, 5.74) is 2.41. The molecule has 2 unspecified atom stereocenters. The number of carbonyl (C=O) groups excluding carboxylic acids is 2. The van der Waals surface area contributed by atoms with Crippen LogP contribution in [-0.2, 0) is 4.79 Å². The molecule has 5 rings (SSSR count). The molecular formula is C27H37Cl2N3O2. The molecule has 1 aromatic carbocycles. The lowest BCUT2D eigenvalue weighted by Crippen LogP contribution is -2.52. The predicted octanol–water partition coefficient (Wildman–Crippen LogP) is 5.37. The Balaban J connectivity index is 1.30. The first kappa shape index (κ1) is 25.5. The number of piperazine rings is 1. The van der Waals surface area contributed by atoms with Crippen LogP contribution in [0.25, 0.3) is 0 Å². The number of carbonyl (C=O) groups is 2. The summed E-state index contributed by atoms with van der Waals surface area (Å²) >= 11 is 12.1.